The average Bonchev–Trinajstić information content (AvgIpc) is 3.67. The highest BCUT2D eigenvalue weighted by Crippen LogP contribution is 2.42. The van der Waals surface area contributed by atoms with Crippen LogP contribution in [-0.2, 0) is 6.42 Å². The minimum atomic E-state index is 0.660. The number of fused-ring (bicyclic) bond motifs is 6. The first-order valence-electron chi connectivity index (χ1n) is 14.8. The van der Waals surface area contributed by atoms with E-state index in [0.29, 0.717) is 17.5 Å². The fourth-order valence-corrected chi connectivity index (χ4v) is 7.51. The molecule has 0 spiro atoms. The van der Waals surface area contributed by atoms with Gasteiger partial charge in [-0.15, -0.1) is 11.3 Å². The zero-order chi connectivity index (χ0) is 29.0. The summed E-state index contributed by atoms with van der Waals surface area (Å²) in [6, 6.07) is 42.1. The van der Waals surface area contributed by atoms with Gasteiger partial charge < -0.3 is 4.42 Å². The van der Waals surface area contributed by atoms with E-state index in [9.17, 15) is 0 Å². The molecular weight excluding hydrogens is 559 g/mol. The first-order valence-corrected chi connectivity index (χ1v) is 15.7. The molecule has 5 aromatic carbocycles. The van der Waals surface area contributed by atoms with Crippen LogP contribution in [-0.4, -0.2) is 15.0 Å². The fourth-order valence-electron chi connectivity index (χ4n) is 6.38. The maximum atomic E-state index is 6.45. The first kappa shape index (κ1) is 25.1. The van der Waals surface area contributed by atoms with Gasteiger partial charge in [-0.2, -0.15) is 0 Å². The summed E-state index contributed by atoms with van der Waals surface area (Å²) in [7, 11) is 0. The van der Waals surface area contributed by atoms with Crippen molar-refractivity contribution >= 4 is 48.1 Å². The Balaban J connectivity index is 1.28. The summed E-state index contributed by atoms with van der Waals surface area (Å²) in [5.74, 6) is 2.98. The number of aromatic nitrogens is 3. The largest absolute Gasteiger partial charge is 0.460 e. The molecule has 208 valence electrons. The van der Waals surface area contributed by atoms with Gasteiger partial charge in [-0.3, -0.25) is 0 Å². The summed E-state index contributed by atoms with van der Waals surface area (Å²) < 4.78 is 8.93. The second kappa shape index (κ2) is 10.1. The third kappa shape index (κ3) is 4.08. The summed E-state index contributed by atoms with van der Waals surface area (Å²) >= 11 is 1.80. The Hall–Kier alpha value is -5.39. The molecule has 0 atom stereocenters. The summed E-state index contributed by atoms with van der Waals surface area (Å²) in [5, 5.41) is 3.49. The molecule has 3 heterocycles. The van der Waals surface area contributed by atoms with Gasteiger partial charge in [0.05, 0.1) is 0 Å². The minimum absolute atomic E-state index is 0.660. The van der Waals surface area contributed by atoms with E-state index in [-0.39, 0.29) is 0 Å². The van der Waals surface area contributed by atoms with Crippen LogP contribution in [0.3, 0.4) is 0 Å². The molecule has 0 saturated carbocycles. The number of nitrogens with zero attached hydrogens (tertiary/aromatic N) is 3. The predicted octanol–water partition coefficient (Wildman–Crippen LogP) is 10.4. The van der Waals surface area contributed by atoms with Crippen molar-refractivity contribution in [3.63, 3.8) is 0 Å². The van der Waals surface area contributed by atoms with E-state index < -0.39 is 0 Å². The van der Waals surface area contributed by atoms with Crippen molar-refractivity contribution < 1.29 is 4.42 Å². The van der Waals surface area contributed by atoms with Crippen molar-refractivity contribution in [1.82, 2.24) is 15.0 Å². The van der Waals surface area contributed by atoms with Gasteiger partial charge in [-0.1, -0.05) is 103 Å². The lowest BCUT2D eigenvalue weighted by Gasteiger charge is -2.15. The lowest BCUT2D eigenvalue weighted by Crippen LogP contribution is -2.06. The average molecular weight is 584 g/mol. The molecule has 3 aromatic heterocycles. The minimum Gasteiger partial charge on any atom is -0.460 e. The topological polar surface area (TPSA) is 51.8 Å². The molecule has 0 aliphatic heterocycles. The standard InChI is InChI=1S/C39H25N3OS/c1-3-11-24(12-4-1)26-21-22-31-30(23-26)35-28(16-9-18-32(35)43-31)38-40-37(25-13-5-2-6-14-25)41-39(42-38)29-17-10-20-34-36(29)27-15-7-8-19-33(27)44-34/h1-8,10-17,19-23H,9,18H2. The van der Waals surface area contributed by atoms with Gasteiger partial charge in [0, 0.05) is 54.2 Å². The molecule has 0 N–H and O–H groups in total. The molecule has 0 unspecified atom stereocenters. The van der Waals surface area contributed by atoms with Gasteiger partial charge in [-0.05, 0) is 41.8 Å². The lowest BCUT2D eigenvalue weighted by molar-refractivity contribution is 0.545. The van der Waals surface area contributed by atoms with Gasteiger partial charge in [0.1, 0.15) is 11.3 Å². The summed E-state index contributed by atoms with van der Waals surface area (Å²) in [6.07, 6.45) is 3.97. The summed E-state index contributed by atoms with van der Waals surface area (Å²) in [4.78, 5) is 15.4. The van der Waals surface area contributed by atoms with Gasteiger partial charge in [0.25, 0.3) is 0 Å². The van der Waals surface area contributed by atoms with Crippen LogP contribution < -0.4 is 0 Å². The number of hydrogen-bond acceptors (Lipinski definition) is 5. The number of furan rings is 1. The van der Waals surface area contributed by atoms with Crippen molar-refractivity contribution in [3.05, 3.63) is 145 Å². The van der Waals surface area contributed by atoms with Gasteiger partial charge in [0.15, 0.2) is 17.5 Å². The normalized spacial score (nSPS) is 13.0. The molecule has 1 aliphatic rings. The number of rotatable bonds is 4. The number of thiophene rings is 1. The van der Waals surface area contributed by atoms with Crippen LogP contribution in [0.15, 0.2) is 132 Å². The van der Waals surface area contributed by atoms with E-state index in [0.717, 1.165) is 57.4 Å². The van der Waals surface area contributed by atoms with E-state index >= 15 is 0 Å². The molecule has 0 fully saturated rings. The molecule has 0 bridgehead atoms. The van der Waals surface area contributed by atoms with Crippen molar-refractivity contribution in [2.45, 2.75) is 12.8 Å². The molecule has 9 rings (SSSR count). The highest BCUT2D eigenvalue weighted by Gasteiger charge is 2.26. The van der Waals surface area contributed by atoms with Crippen LogP contribution in [0.4, 0.5) is 0 Å². The van der Waals surface area contributed by atoms with Crippen molar-refractivity contribution in [1.29, 1.82) is 0 Å². The fraction of sp³-hybridized carbons (Fsp3) is 0.0513. The molecule has 0 radical (unpaired) electrons. The highest BCUT2D eigenvalue weighted by atomic mass is 32.1. The van der Waals surface area contributed by atoms with Gasteiger partial charge in [-0.25, -0.2) is 15.0 Å². The first-order chi connectivity index (χ1) is 21.8. The Labute approximate surface area is 258 Å². The zero-order valence-electron chi connectivity index (χ0n) is 23.7. The Kier molecular flexibility index (Phi) is 5.78. The molecule has 5 heteroatoms. The van der Waals surface area contributed by atoms with Crippen LogP contribution in [0.1, 0.15) is 23.6 Å². The summed E-state index contributed by atoms with van der Waals surface area (Å²) in [5.41, 5.74) is 7.27. The van der Waals surface area contributed by atoms with Crippen LogP contribution in [0, 0.1) is 0 Å². The van der Waals surface area contributed by atoms with E-state index in [2.05, 4.69) is 103 Å². The lowest BCUT2D eigenvalue weighted by atomic mass is 9.92. The molecule has 0 amide bonds. The quantitative estimate of drug-likeness (QED) is 0.207. The molecule has 8 aromatic rings. The number of aryl methyl sites for hydroxylation is 1. The maximum absolute atomic E-state index is 6.45. The highest BCUT2D eigenvalue weighted by molar-refractivity contribution is 7.25. The van der Waals surface area contributed by atoms with Crippen LogP contribution in [0.2, 0.25) is 0 Å². The Morgan fingerprint density at radius 2 is 1.30 bits per heavy atom. The second-order valence-electron chi connectivity index (χ2n) is 11.1. The Morgan fingerprint density at radius 3 is 2.16 bits per heavy atom. The van der Waals surface area contributed by atoms with Crippen molar-refractivity contribution in [2.75, 3.05) is 0 Å². The summed E-state index contributed by atoms with van der Waals surface area (Å²) in [6.45, 7) is 0. The maximum Gasteiger partial charge on any atom is 0.164 e. The van der Waals surface area contributed by atoms with E-state index in [1.165, 1.54) is 25.7 Å². The third-order valence-electron chi connectivity index (χ3n) is 8.41. The van der Waals surface area contributed by atoms with Crippen LogP contribution in [0.5, 0.6) is 0 Å². The molecule has 44 heavy (non-hydrogen) atoms. The van der Waals surface area contributed by atoms with Gasteiger partial charge >= 0.3 is 0 Å². The Morgan fingerprint density at radius 1 is 0.568 bits per heavy atom. The van der Waals surface area contributed by atoms with Crippen LogP contribution in [0.25, 0.3) is 70.6 Å². The number of hydrogen-bond donors (Lipinski definition) is 0. The molecule has 1 aliphatic carbocycles. The van der Waals surface area contributed by atoms with Crippen LogP contribution >= 0.6 is 11.3 Å². The molecule has 4 nitrogen and oxygen atoms in total. The molecule has 0 saturated heterocycles. The van der Waals surface area contributed by atoms with Crippen molar-refractivity contribution in [2.24, 2.45) is 0 Å². The third-order valence-corrected chi connectivity index (χ3v) is 9.54. The zero-order valence-corrected chi connectivity index (χ0v) is 24.5. The van der Waals surface area contributed by atoms with Crippen molar-refractivity contribution in [3.8, 4) is 33.9 Å². The van der Waals surface area contributed by atoms with Gasteiger partial charge in [0.2, 0.25) is 0 Å². The van der Waals surface area contributed by atoms with E-state index in [4.69, 9.17) is 19.4 Å². The van der Waals surface area contributed by atoms with E-state index in [1.54, 1.807) is 11.3 Å². The number of benzene rings is 5. The SMILES string of the molecule is C1=C(c2nc(-c3ccccc3)nc(-c3cccc4sc5ccccc5c34)n2)c2c(oc3ccc(-c4ccccc4)cc23)CC1. The smallest absolute Gasteiger partial charge is 0.164 e. The molecular formula is C39H25N3OS. The predicted molar refractivity (Wildman–Crippen MR) is 181 cm³/mol. The van der Waals surface area contributed by atoms with E-state index in [1.807, 2.05) is 24.3 Å². The second-order valence-corrected chi connectivity index (χ2v) is 12.2. The monoisotopic (exact) mass is 583 g/mol. The number of allylic oxidation sites excluding steroid dienone is 1. The Bertz CT molecular complexity index is 2390.